The summed E-state index contributed by atoms with van der Waals surface area (Å²) in [5, 5.41) is 8.83. The molecular formula is C13H24N2O6S2. The van der Waals surface area contributed by atoms with Crippen LogP contribution in [-0.4, -0.2) is 91.8 Å². The van der Waals surface area contributed by atoms with Crippen molar-refractivity contribution in [3.63, 3.8) is 0 Å². The first-order valence-electron chi connectivity index (χ1n) is 7.21. The SMILES string of the molecule is CSC[C@@H](C)C(=O)N1CCO[C@H](CN(CC(=O)O)S(C)(=O)=O)C1. The molecule has 1 saturated heterocycles. The highest BCUT2D eigenvalue weighted by Crippen LogP contribution is 2.14. The van der Waals surface area contributed by atoms with Crippen molar-refractivity contribution in [2.45, 2.75) is 13.0 Å². The third kappa shape index (κ3) is 6.66. The summed E-state index contributed by atoms with van der Waals surface area (Å²) < 4.78 is 29.7. The zero-order chi connectivity index (χ0) is 17.6. The third-order valence-corrected chi connectivity index (χ3v) is 5.53. The molecule has 1 N–H and O–H groups in total. The van der Waals surface area contributed by atoms with E-state index in [0.29, 0.717) is 13.2 Å². The molecule has 1 fully saturated rings. The lowest BCUT2D eigenvalue weighted by Crippen LogP contribution is -2.52. The maximum atomic E-state index is 12.3. The van der Waals surface area contributed by atoms with E-state index in [1.165, 1.54) is 0 Å². The van der Waals surface area contributed by atoms with Crippen LogP contribution >= 0.6 is 11.8 Å². The van der Waals surface area contributed by atoms with Gasteiger partial charge >= 0.3 is 5.97 Å². The second kappa shape index (κ2) is 8.86. The Bertz CT molecular complexity index is 525. The van der Waals surface area contributed by atoms with Crippen molar-refractivity contribution in [2.75, 3.05) is 51.1 Å². The van der Waals surface area contributed by atoms with Gasteiger partial charge < -0.3 is 14.7 Å². The third-order valence-electron chi connectivity index (χ3n) is 3.48. The van der Waals surface area contributed by atoms with E-state index in [-0.39, 0.29) is 24.9 Å². The highest BCUT2D eigenvalue weighted by Gasteiger charge is 2.31. The maximum Gasteiger partial charge on any atom is 0.318 e. The number of carboxylic acid groups (broad SMARTS) is 1. The number of aliphatic carboxylic acids is 1. The molecule has 1 aliphatic heterocycles. The molecule has 0 aliphatic carbocycles. The monoisotopic (exact) mass is 368 g/mol. The Morgan fingerprint density at radius 2 is 2.13 bits per heavy atom. The number of hydrogen-bond acceptors (Lipinski definition) is 6. The number of ether oxygens (including phenoxy) is 1. The van der Waals surface area contributed by atoms with Gasteiger partial charge in [0.2, 0.25) is 15.9 Å². The summed E-state index contributed by atoms with van der Waals surface area (Å²) in [5.74, 6) is -0.617. The quantitative estimate of drug-likeness (QED) is 0.619. The van der Waals surface area contributed by atoms with E-state index >= 15 is 0 Å². The molecule has 2 atom stereocenters. The van der Waals surface area contributed by atoms with Gasteiger partial charge in [0.25, 0.3) is 0 Å². The van der Waals surface area contributed by atoms with Crippen LogP contribution in [0, 0.1) is 5.92 Å². The summed E-state index contributed by atoms with van der Waals surface area (Å²) >= 11 is 1.59. The van der Waals surface area contributed by atoms with Gasteiger partial charge in [-0.2, -0.15) is 16.1 Å². The van der Waals surface area contributed by atoms with Crippen molar-refractivity contribution in [3.05, 3.63) is 0 Å². The lowest BCUT2D eigenvalue weighted by molar-refractivity contribution is -0.143. The molecule has 0 bridgehead atoms. The highest BCUT2D eigenvalue weighted by molar-refractivity contribution is 7.98. The number of rotatable bonds is 8. The van der Waals surface area contributed by atoms with E-state index in [9.17, 15) is 18.0 Å². The molecule has 1 aliphatic rings. The van der Waals surface area contributed by atoms with E-state index in [4.69, 9.17) is 9.84 Å². The first-order valence-corrected chi connectivity index (χ1v) is 10.5. The van der Waals surface area contributed by atoms with Crippen molar-refractivity contribution < 1.29 is 27.9 Å². The average Bonchev–Trinajstić information content (AvgIpc) is 2.45. The zero-order valence-corrected chi connectivity index (χ0v) is 15.2. The number of sulfonamides is 1. The summed E-state index contributed by atoms with van der Waals surface area (Å²) in [6.07, 6.45) is 2.37. The van der Waals surface area contributed by atoms with Gasteiger partial charge in [-0.05, 0) is 6.26 Å². The zero-order valence-electron chi connectivity index (χ0n) is 13.6. The predicted molar refractivity (Wildman–Crippen MR) is 87.9 cm³/mol. The van der Waals surface area contributed by atoms with Gasteiger partial charge in [-0.3, -0.25) is 9.59 Å². The smallest absolute Gasteiger partial charge is 0.318 e. The number of nitrogens with zero attached hydrogens (tertiary/aromatic N) is 2. The van der Waals surface area contributed by atoms with Crippen molar-refractivity contribution in [1.29, 1.82) is 0 Å². The Labute approximate surface area is 141 Å². The molecule has 1 rings (SSSR count). The maximum absolute atomic E-state index is 12.3. The van der Waals surface area contributed by atoms with Crippen molar-refractivity contribution in [1.82, 2.24) is 9.21 Å². The summed E-state index contributed by atoms with van der Waals surface area (Å²) in [4.78, 5) is 24.8. The second-order valence-corrected chi connectivity index (χ2v) is 8.48. The lowest BCUT2D eigenvalue weighted by atomic mass is 10.1. The van der Waals surface area contributed by atoms with Crippen LogP contribution in [0.3, 0.4) is 0 Å². The van der Waals surface area contributed by atoms with Crippen molar-refractivity contribution in [2.24, 2.45) is 5.92 Å². The van der Waals surface area contributed by atoms with Gasteiger partial charge in [0.1, 0.15) is 6.54 Å². The number of carboxylic acids is 1. The Kier molecular flexibility index (Phi) is 7.78. The minimum atomic E-state index is -3.66. The summed E-state index contributed by atoms with van der Waals surface area (Å²) in [7, 11) is -3.66. The molecular weight excluding hydrogens is 344 g/mol. The van der Waals surface area contributed by atoms with Crippen LogP contribution in [0.25, 0.3) is 0 Å². The molecule has 0 saturated carbocycles. The molecule has 23 heavy (non-hydrogen) atoms. The van der Waals surface area contributed by atoms with Crippen LogP contribution in [0.15, 0.2) is 0 Å². The molecule has 10 heteroatoms. The number of morpholine rings is 1. The minimum absolute atomic E-state index is 0.0109. The fourth-order valence-corrected chi connectivity index (χ4v) is 3.78. The van der Waals surface area contributed by atoms with Crippen LogP contribution in [0.1, 0.15) is 6.92 Å². The number of carbonyl (C=O) groups is 2. The van der Waals surface area contributed by atoms with Gasteiger partial charge in [0.05, 0.1) is 19.0 Å². The van der Waals surface area contributed by atoms with Crippen LogP contribution in [0.5, 0.6) is 0 Å². The van der Waals surface area contributed by atoms with E-state index in [2.05, 4.69) is 0 Å². The summed E-state index contributed by atoms with van der Waals surface area (Å²) in [6, 6.07) is 0. The van der Waals surface area contributed by atoms with Gasteiger partial charge in [0, 0.05) is 31.3 Å². The summed E-state index contributed by atoms with van der Waals surface area (Å²) in [6.45, 7) is 2.21. The van der Waals surface area contributed by atoms with Gasteiger partial charge in [-0.15, -0.1) is 0 Å². The fraction of sp³-hybridized carbons (Fsp3) is 0.846. The molecule has 0 unspecified atom stereocenters. The molecule has 0 spiro atoms. The topological polar surface area (TPSA) is 104 Å². The molecule has 1 amide bonds. The first kappa shape index (κ1) is 20.2. The standard InChI is InChI=1S/C13H24N2O6S2/c1-10(9-22-2)13(18)14-4-5-21-11(6-14)7-15(8-12(16)17)23(3,19)20/h10-11H,4-9H2,1-3H3,(H,16,17)/t10-,11+/m1/s1. The molecule has 0 radical (unpaired) electrons. The molecule has 0 aromatic rings. The number of thioether (sulfide) groups is 1. The van der Waals surface area contributed by atoms with Gasteiger partial charge in [0.15, 0.2) is 0 Å². The van der Waals surface area contributed by atoms with Crippen LogP contribution < -0.4 is 0 Å². The Morgan fingerprint density at radius 3 is 2.65 bits per heavy atom. The van der Waals surface area contributed by atoms with Crippen molar-refractivity contribution in [3.8, 4) is 0 Å². The molecule has 0 aromatic heterocycles. The predicted octanol–water partition coefficient (Wildman–Crippen LogP) is -0.441. The van der Waals surface area contributed by atoms with E-state index in [0.717, 1.165) is 16.3 Å². The minimum Gasteiger partial charge on any atom is -0.480 e. The largest absolute Gasteiger partial charge is 0.480 e. The Balaban J connectivity index is 2.70. The number of carbonyl (C=O) groups excluding carboxylic acids is 1. The average molecular weight is 368 g/mol. The molecule has 8 nitrogen and oxygen atoms in total. The van der Waals surface area contributed by atoms with Crippen LogP contribution in [-0.2, 0) is 24.3 Å². The highest BCUT2D eigenvalue weighted by atomic mass is 32.2. The molecule has 134 valence electrons. The second-order valence-electron chi connectivity index (χ2n) is 5.58. The van der Waals surface area contributed by atoms with E-state index in [1.807, 2.05) is 13.2 Å². The number of hydrogen-bond donors (Lipinski definition) is 1. The summed E-state index contributed by atoms with van der Waals surface area (Å²) in [5.41, 5.74) is 0. The number of amides is 1. The molecule has 1 heterocycles. The van der Waals surface area contributed by atoms with E-state index in [1.54, 1.807) is 16.7 Å². The fourth-order valence-electron chi connectivity index (χ4n) is 2.36. The van der Waals surface area contributed by atoms with Gasteiger partial charge in [-0.1, -0.05) is 6.92 Å². The van der Waals surface area contributed by atoms with Crippen LogP contribution in [0.2, 0.25) is 0 Å². The normalized spacial score (nSPS) is 20.5. The van der Waals surface area contributed by atoms with Gasteiger partial charge in [-0.25, -0.2) is 8.42 Å². The Morgan fingerprint density at radius 1 is 1.48 bits per heavy atom. The van der Waals surface area contributed by atoms with Crippen LogP contribution in [0.4, 0.5) is 0 Å². The molecule has 0 aromatic carbocycles. The van der Waals surface area contributed by atoms with Crippen molar-refractivity contribution >= 4 is 33.7 Å². The first-order chi connectivity index (χ1) is 10.6. The van der Waals surface area contributed by atoms with E-state index < -0.39 is 28.6 Å². The Hall–Kier alpha value is -0.840. The lowest BCUT2D eigenvalue weighted by Gasteiger charge is -2.36.